The molecule has 1 aliphatic heterocycles. The quantitative estimate of drug-likeness (QED) is 0.398. The zero-order valence-corrected chi connectivity index (χ0v) is 17.0. The molecule has 0 atom stereocenters. The van der Waals surface area contributed by atoms with Crippen molar-refractivity contribution in [3.8, 4) is 23.0 Å². The Hall–Kier alpha value is -2.84. The average Bonchev–Trinajstić information content (AvgIpc) is 3.34. The molecule has 1 aliphatic rings. The van der Waals surface area contributed by atoms with E-state index in [-0.39, 0.29) is 5.91 Å². The van der Waals surface area contributed by atoms with Crippen molar-refractivity contribution in [2.24, 2.45) is 0 Å². The number of carbonyl (C=O) groups is 1. The second kappa shape index (κ2) is 6.65. The number of anilines is 1. The van der Waals surface area contributed by atoms with E-state index in [2.05, 4.69) is 26.1 Å². The van der Waals surface area contributed by atoms with Crippen molar-refractivity contribution in [2.75, 3.05) is 11.9 Å². The van der Waals surface area contributed by atoms with Crippen LogP contribution in [0.15, 0.2) is 78.0 Å². The highest BCUT2D eigenvalue weighted by Gasteiger charge is 2.25. The standard InChI is InChI=1S/C20H12BrN3O3S/c1-24-13-7-6-11(18-22-19(27-23-18)14-8-9-17(21)26-14)10-16(13)28-15-5-3-2-4-12(15)20(24)25/h2-10H,1H3. The first kappa shape index (κ1) is 17.3. The molecule has 1 amide bonds. The predicted octanol–water partition coefficient (Wildman–Crippen LogP) is 5.50. The highest BCUT2D eigenvalue weighted by Crippen LogP contribution is 2.42. The number of hydrogen-bond acceptors (Lipinski definition) is 6. The number of aromatic nitrogens is 2. The van der Waals surface area contributed by atoms with Crippen LogP contribution in [0.4, 0.5) is 5.69 Å². The molecule has 0 spiro atoms. The van der Waals surface area contributed by atoms with Crippen LogP contribution in [0.25, 0.3) is 23.0 Å². The summed E-state index contributed by atoms with van der Waals surface area (Å²) < 4.78 is 11.4. The lowest BCUT2D eigenvalue weighted by molar-refractivity contribution is 0.0990. The Labute approximate surface area is 172 Å². The first-order chi connectivity index (χ1) is 13.6. The maximum absolute atomic E-state index is 12.8. The average molecular weight is 454 g/mol. The number of amides is 1. The van der Waals surface area contributed by atoms with Gasteiger partial charge in [0, 0.05) is 22.4 Å². The molecule has 0 fully saturated rings. The third-order valence-electron chi connectivity index (χ3n) is 4.43. The number of benzene rings is 2. The van der Waals surface area contributed by atoms with Crippen molar-refractivity contribution in [3.63, 3.8) is 0 Å². The van der Waals surface area contributed by atoms with Crippen molar-refractivity contribution in [3.05, 3.63) is 64.8 Å². The van der Waals surface area contributed by atoms with Gasteiger partial charge in [0.2, 0.25) is 5.82 Å². The second-order valence-corrected chi connectivity index (χ2v) is 8.04. The van der Waals surface area contributed by atoms with E-state index in [0.717, 1.165) is 21.0 Å². The Morgan fingerprint density at radius 1 is 1.07 bits per heavy atom. The molecule has 4 aromatic rings. The van der Waals surface area contributed by atoms with Crippen LogP contribution in [0, 0.1) is 0 Å². The van der Waals surface area contributed by atoms with E-state index >= 15 is 0 Å². The fourth-order valence-electron chi connectivity index (χ4n) is 3.02. The van der Waals surface area contributed by atoms with Crippen molar-refractivity contribution < 1.29 is 13.7 Å². The number of furan rings is 1. The third kappa shape index (κ3) is 2.85. The van der Waals surface area contributed by atoms with E-state index in [1.54, 1.807) is 35.8 Å². The van der Waals surface area contributed by atoms with Crippen LogP contribution in [0.1, 0.15) is 10.4 Å². The summed E-state index contributed by atoms with van der Waals surface area (Å²) in [4.78, 5) is 20.7. The Morgan fingerprint density at radius 2 is 1.93 bits per heavy atom. The maximum atomic E-state index is 12.8. The number of hydrogen-bond donors (Lipinski definition) is 0. The molecule has 0 unspecified atom stereocenters. The number of halogens is 1. The van der Waals surface area contributed by atoms with Crippen molar-refractivity contribution in [2.45, 2.75) is 9.79 Å². The van der Waals surface area contributed by atoms with Crippen LogP contribution in [0.3, 0.4) is 0 Å². The Kier molecular flexibility index (Phi) is 4.10. The van der Waals surface area contributed by atoms with Gasteiger partial charge in [-0.25, -0.2) is 0 Å². The molecule has 0 saturated carbocycles. The number of nitrogens with zero attached hydrogens (tertiary/aromatic N) is 3. The van der Waals surface area contributed by atoms with E-state index in [1.807, 2.05) is 42.5 Å². The van der Waals surface area contributed by atoms with Crippen molar-refractivity contribution in [1.82, 2.24) is 10.1 Å². The fraction of sp³-hybridized carbons (Fsp3) is 0.0500. The molecule has 2 aromatic heterocycles. The van der Waals surface area contributed by atoms with Gasteiger partial charge >= 0.3 is 0 Å². The van der Waals surface area contributed by atoms with Crippen LogP contribution in [-0.2, 0) is 0 Å². The smallest absolute Gasteiger partial charge is 0.293 e. The molecular formula is C20H12BrN3O3S. The summed E-state index contributed by atoms with van der Waals surface area (Å²) in [5.74, 6) is 1.23. The minimum absolute atomic E-state index is 0.0279. The van der Waals surface area contributed by atoms with Gasteiger partial charge < -0.3 is 13.8 Å². The van der Waals surface area contributed by atoms with Gasteiger partial charge in [0.15, 0.2) is 10.4 Å². The minimum atomic E-state index is -0.0279. The molecule has 5 rings (SSSR count). The zero-order chi connectivity index (χ0) is 19.3. The first-order valence-corrected chi connectivity index (χ1v) is 10.00. The molecule has 0 N–H and O–H groups in total. The molecule has 6 nitrogen and oxygen atoms in total. The van der Waals surface area contributed by atoms with Gasteiger partial charge in [-0.15, -0.1) is 0 Å². The topological polar surface area (TPSA) is 72.4 Å². The summed E-state index contributed by atoms with van der Waals surface area (Å²) >= 11 is 4.81. The largest absolute Gasteiger partial charge is 0.444 e. The molecule has 0 radical (unpaired) electrons. The molecule has 0 bridgehead atoms. The molecule has 138 valence electrons. The van der Waals surface area contributed by atoms with Gasteiger partial charge in [-0.3, -0.25) is 4.79 Å². The van der Waals surface area contributed by atoms with Gasteiger partial charge in [0.1, 0.15) is 0 Å². The Bertz CT molecular complexity index is 1220. The fourth-order valence-corrected chi connectivity index (χ4v) is 4.47. The predicted molar refractivity (Wildman–Crippen MR) is 108 cm³/mol. The Balaban J connectivity index is 1.56. The normalized spacial score (nSPS) is 13.2. The van der Waals surface area contributed by atoms with Gasteiger partial charge in [-0.2, -0.15) is 4.98 Å². The van der Waals surface area contributed by atoms with Crippen molar-refractivity contribution >= 4 is 39.3 Å². The summed E-state index contributed by atoms with van der Waals surface area (Å²) in [5, 5.41) is 4.07. The summed E-state index contributed by atoms with van der Waals surface area (Å²) in [5.41, 5.74) is 2.33. The SMILES string of the molecule is CN1C(=O)c2ccccc2Sc2cc(-c3noc(-c4ccc(Br)o4)n3)ccc21. The molecular weight excluding hydrogens is 442 g/mol. The van der Waals surface area contributed by atoms with Gasteiger partial charge in [0.25, 0.3) is 11.8 Å². The molecule has 28 heavy (non-hydrogen) atoms. The van der Waals surface area contributed by atoms with E-state index in [1.165, 1.54) is 0 Å². The lowest BCUT2D eigenvalue weighted by Crippen LogP contribution is -2.25. The highest BCUT2D eigenvalue weighted by molar-refractivity contribution is 9.10. The second-order valence-electron chi connectivity index (χ2n) is 6.17. The summed E-state index contributed by atoms with van der Waals surface area (Å²) in [6.45, 7) is 0. The Morgan fingerprint density at radius 3 is 2.75 bits per heavy atom. The highest BCUT2D eigenvalue weighted by atomic mass is 79.9. The number of fused-ring (bicyclic) bond motifs is 2. The zero-order valence-electron chi connectivity index (χ0n) is 14.5. The molecule has 2 aromatic carbocycles. The molecule has 0 saturated heterocycles. The van der Waals surface area contributed by atoms with Crippen LogP contribution in [0.2, 0.25) is 0 Å². The third-order valence-corrected chi connectivity index (χ3v) is 5.98. The monoisotopic (exact) mass is 453 g/mol. The summed E-state index contributed by atoms with van der Waals surface area (Å²) in [7, 11) is 1.78. The molecule has 3 heterocycles. The van der Waals surface area contributed by atoms with E-state index < -0.39 is 0 Å². The molecule has 8 heteroatoms. The van der Waals surface area contributed by atoms with E-state index in [9.17, 15) is 4.79 Å². The van der Waals surface area contributed by atoms with E-state index in [0.29, 0.717) is 27.7 Å². The molecule has 0 aliphatic carbocycles. The maximum Gasteiger partial charge on any atom is 0.293 e. The first-order valence-electron chi connectivity index (χ1n) is 8.39. The summed E-state index contributed by atoms with van der Waals surface area (Å²) in [6.07, 6.45) is 0. The van der Waals surface area contributed by atoms with Crippen LogP contribution in [-0.4, -0.2) is 23.1 Å². The van der Waals surface area contributed by atoms with Gasteiger partial charge in [-0.1, -0.05) is 29.1 Å². The lowest BCUT2D eigenvalue weighted by Gasteiger charge is -2.17. The van der Waals surface area contributed by atoms with Crippen LogP contribution in [0.5, 0.6) is 0 Å². The summed E-state index contributed by atoms with van der Waals surface area (Å²) in [6, 6.07) is 16.9. The van der Waals surface area contributed by atoms with Crippen LogP contribution >= 0.6 is 27.7 Å². The van der Waals surface area contributed by atoms with Crippen LogP contribution < -0.4 is 4.90 Å². The number of rotatable bonds is 2. The van der Waals surface area contributed by atoms with Crippen molar-refractivity contribution in [1.29, 1.82) is 0 Å². The number of carbonyl (C=O) groups excluding carboxylic acids is 1. The van der Waals surface area contributed by atoms with E-state index in [4.69, 9.17) is 8.94 Å². The van der Waals surface area contributed by atoms with Gasteiger partial charge in [-0.05, 0) is 58.4 Å². The lowest BCUT2D eigenvalue weighted by atomic mass is 10.1. The van der Waals surface area contributed by atoms with Gasteiger partial charge in [0.05, 0.1) is 11.3 Å². The minimum Gasteiger partial charge on any atom is -0.444 e.